The van der Waals surface area contributed by atoms with E-state index in [1.807, 2.05) is 31.2 Å². The number of carbonyl (C=O) groups is 2. The van der Waals surface area contributed by atoms with Crippen molar-refractivity contribution in [1.29, 1.82) is 0 Å². The Morgan fingerprint density at radius 3 is 2.64 bits per heavy atom. The largest absolute Gasteiger partial charge is 0.493 e. The summed E-state index contributed by atoms with van der Waals surface area (Å²) in [5, 5.41) is 8.96. The molecule has 1 saturated heterocycles. The maximum atomic E-state index is 12.2. The van der Waals surface area contributed by atoms with Crippen molar-refractivity contribution in [3.8, 4) is 5.75 Å². The molecule has 2 rings (SSSR count). The van der Waals surface area contributed by atoms with Gasteiger partial charge in [-0.15, -0.1) is 0 Å². The molecule has 1 aliphatic heterocycles. The van der Waals surface area contributed by atoms with Crippen molar-refractivity contribution < 1.29 is 19.4 Å². The Morgan fingerprint density at radius 2 is 2.00 bits per heavy atom. The molecule has 0 unspecified atom stereocenters. The average molecular weight is 303 g/mol. The molecule has 0 saturated carbocycles. The molecule has 1 aliphatic rings. The summed E-state index contributed by atoms with van der Waals surface area (Å²) < 4.78 is 5.51. The van der Waals surface area contributed by atoms with E-state index >= 15 is 0 Å². The Hall–Kier alpha value is -2.30. The van der Waals surface area contributed by atoms with E-state index in [1.54, 1.807) is 11.0 Å². The van der Waals surface area contributed by atoms with E-state index in [4.69, 9.17) is 9.84 Å². The number of carbonyl (C=O) groups excluding carboxylic acids is 1. The molecule has 1 fully saturated rings. The predicted molar refractivity (Wildman–Crippen MR) is 83.6 cm³/mol. The second kappa shape index (κ2) is 7.64. The van der Waals surface area contributed by atoms with Crippen LogP contribution in [0.5, 0.6) is 5.75 Å². The lowest BCUT2D eigenvalue weighted by atomic mass is 9.97. The quantitative estimate of drug-likeness (QED) is 0.848. The number of hydrogen-bond acceptors (Lipinski definition) is 3. The molecule has 0 aliphatic carbocycles. The summed E-state index contributed by atoms with van der Waals surface area (Å²) in [5.41, 5.74) is 0.859. The first-order valence-electron chi connectivity index (χ1n) is 7.53. The lowest BCUT2D eigenvalue weighted by molar-refractivity contribution is -0.144. The number of ether oxygens (including phenoxy) is 1. The van der Waals surface area contributed by atoms with Crippen LogP contribution in [0.25, 0.3) is 6.08 Å². The van der Waals surface area contributed by atoms with Crippen LogP contribution in [-0.4, -0.2) is 41.6 Å². The van der Waals surface area contributed by atoms with Gasteiger partial charge in [0.15, 0.2) is 0 Å². The van der Waals surface area contributed by atoms with Gasteiger partial charge in [-0.2, -0.15) is 0 Å². The molecule has 1 amide bonds. The standard InChI is InChI=1S/C17H21NO4/c1-2-22-15-6-4-3-5-13(15)7-8-16(19)18-11-9-14(10-12-18)17(20)21/h3-8,14H,2,9-12H2,1H3,(H,20,21). The summed E-state index contributed by atoms with van der Waals surface area (Å²) in [6, 6.07) is 7.54. The van der Waals surface area contributed by atoms with Gasteiger partial charge < -0.3 is 14.7 Å². The first-order valence-corrected chi connectivity index (χ1v) is 7.53. The number of para-hydroxylation sites is 1. The summed E-state index contributed by atoms with van der Waals surface area (Å²) >= 11 is 0. The van der Waals surface area contributed by atoms with Gasteiger partial charge in [-0.25, -0.2) is 0 Å². The van der Waals surface area contributed by atoms with Gasteiger partial charge in [0, 0.05) is 24.7 Å². The van der Waals surface area contributed by atoms with Crippen LogP contribution in [-0.2, 0) is 9.59 Å². The fraction of sp³-hybridized carbons (Fsp3) is 0.412. The number of benzene rings is 1. The third kappa shape index (κ3) is 4.10. The zero-order valence-electron chi connectivity index (χ0n) is 12.7. The predicted octanol–water partition coefficient (Wildman–Crippen LogP) is 2.42. The SMILES string of the molecule is CCOc1ccccc1C=CC(=O)N1CCC(C(=O)O)CC1. The zero-order valence-corrected chi connectivity index (χ0v) is 12.7. The van der Waals surface area contributed by atoms with Crippen LogP contribution >= 0.6 is 0 Å². The van der Waals surface area contributed by atoms with Crippen LogP contribution in [0.2, 0.25) is 0 Å². The molecule has 0 bridgehead atoms. The first kappa shape index (κ1) is 16.1. The summed E-state index contributed by atoms with van der Waals surface area (Å²) in [4.78, 5) is 24.8. The number of hydrogen-bond donors (Lipinski definition) is 1. The van der Waals surface area contributed by atoms with E-state index in [-0.39, 0.29) is 11.8 Å². The number of carboxylic acids is 1. The van der Waals surface area contributed by atoms with Crippen LogP contribution < -0.4 is 4.74 Å². The fourth-order valence-corrected chi connectivity index (χ4v) is 2.52. The second-order valence-corrected chi connectivity index (χ2v) is 5.24. The highest BCUT2D eigenvalue weighted by Crippen LogP contribution is 2.21. The Morgan fingerprint density at radius 1 is 1.32 bits per heavy atom. The molecule has 22 heavy (non-hydrogen) atoms. The highest BCUT2D eigenvalue weighted by atomic mass is 16.5. The molecule has 118 valence electrons. The van der Waals surface area contributed by atoms with Gasteiger partial charge >= 0.3 is 5.97 Å². The topological polar surface area (TPSA) is 66.8 Å². The summed E-state index contributed by atoms with van der Waals surface area (Å²) in [5.74, 6) is -0.436. The molecule has 0 aromatic heterocycles. The number of amides is 1. The van der Waals surface area contributed by atoms with Crippen molar-refractivity contribution >= 4 is 18.0 Å². The van der Waals surface area contributed by atoms with Crippen LogP contribution in [0, 0.1) is 5.92 Å². The van der Waals surface area contributed by atoms with Gasteiger partial charge in [-0.3, -0.25) is 9.59 Å². The molecular formula is C17H21NO4. The van der Waals surface area contributed by atoms with Gasteiger partial charge in [0.05, 0.1) is 12.5 Å². The maximum Gasteiger partial charge on any atom is 0.306 e. The monoisotopic (exact) mass is 303 g/mol. The number of carboxylic acid groups (broad SMARTS) is 1. The molecule has 1 heterocycles. The minimum Gasteiger partial charge on any atom is -0.493 e. The van der Waals surface area contributed by atoms with Gasteiger partial charge in [-0.05, 0) is 31.9 Å². The van der Waals surface area contributed by atoms with Crippen LogP contribution in [0.3, 0.4) is 0 Å². The van der Waals surface area contributed by atoms with E-state index in [2.05, 4.69) is 0 Å². The lowest BCUT2D eigenvalue weighted by Crippen LogP contribution is -2.39. The van der Waals surface area contributed by atoms with Crippen LogP contribution in [0.15, 0.2) is 30.3 Å². The van der Waals surface area contributed by atoms with Gasteiger partial charge in [-0.1, -0.05) is 18.2 Å². The highest BCUT2D eigenvalue weighted by Gasteiger charge is 2.25. The van der Waals surface area contributed by atoms with Crippen molar-refractivity contribution in [2.24, 2.45) is 5.92 Å². The number of piperidine rings is 1. The number of nitrogens with zero attached hydrogens (tertiary/aromatic N) is 1. The number of aliphatic carboxylic acids is 1. The third-order valence-electron chi connectivity index (χ3n) is 3.78. The Bertz CT molecular complexity index is 560. The molecule has 5 nitrogen and oxygen atoms in total. The highest BCUT2D eigenvalue weighted by molar-refractivity contribution is 5.92. The minimum absolute atomic E-state index is 0.0878. The van der Waals surface area contributed by atoms with Crippen molar-refractivity contribution in [3.63, 3.8) is 0 Å². The normalized spacial score (nSPS) is 16.0. The number of likely N-dealkylation sites (tertiary alicyclic amines) is 1. The van der Waals surface area contributed by atoms with Crippen molar-refractivity contribution in [2.45, 2.75) is 19.8 Å². The average Bonchev–Trinajstić information content (AvgIpc) is 2.54. The van der Waals surface area contributed by atoms with E-state index < -0.39 is 5.97 Å². The zero-order chi connectivity index (χ0) is 15.9. The Balaban J connectivity index is 1.96. The summed E-state index contributed by atoms with van der Waals surface area (Å²) in [6.45, 7) is 3.47. The van der Waals surface area contributed by atoms with Gasteiger partial charge in [0.2, 0.25) is 5.91 Å². The van der Waals surface area contributed by atoms with Crippen LogP contribution in [0.4, 0.5) is 0 Å². The van der Waals surface area contributed by atoms with Crippen LogP contribution in [0.1, 0.15) is 25.3 Å². The minimum atomic E-state index is -0.770. The summed E-state index contributed by atoms with van der Waals surface area (Å²) in [6.07, 6.45) is 4.31. The summed E-state index contributed by atoms with van der Waals surface area (Å²) in [7, 11) is 0. The molecular weight excluding hydrogens is 282 g/mol. The molecule has 0 spiro atoms. The van der Waals surface area contributed by atoms with E-state index in [0.29, 0.717) is 32.5 Å². The molecule has 0 atom stereocenters. The lowest BCUT2D eigenvalue weighted by Gasteiger charge is -2.29. The second-order valence-electron chi connectivity index (χ2n) is 5.24. The molecule has 5 heteroatoms. The van der Waals surface area contributed by atoms with Crippen molar-refractivity contribution in [1.82, 2.24) is 4.90 Å². The number of rotatable bonds is 5. The van der Waals surface area contributed by atoms with E-state index in [9.17, 15) is 9.59 Å². The molecule has 0 radical (unpaired) electrons. The smallest absolute Gasteiger partial charge is 0.306 e. The fourth-order valence-electron chi connectivity index (χ4n) is 2.52. The third-order valence-corrected chi connectivity index (χ3v) is 3.78. The van der Waals surface area contributed by atoms with Crippen molar-refractivity contribution in [3.05, 3.63) is 35.9 Å². The molecule has 1 aromatic carbocycles. The Kier molecular flexibility index (Phi) is 5.58. The van der Waals surface area contributed by atoms with E-state index in [1.165, 1.54) is 6.08 Å². The van der Waals surface area contributed by atoms with Crippen molar-refractivity contribution in [2.75, 3.05) is 19.7 Å². The van der Waals surface area contributed by atoms with E-state index in [0.717, 1.165) is 11.3 Å². The maximum absolute atomic E-state index is 12.2. The van der Waals surface area contributed by atoms with Gasteiger partial charge in [0.1, 0.15) is 5.75 Å². The molecule has 1 N–H and O–H groups in total. The molecule has 1 aromatic rings. The first-order chi connectivity index (χ1) is 10.6. The van der Waals surface area contributed by atoms with Gasteiger partial charge in [0.25, 0.3) is 0 Å². The Labute approximate surface area is 130 Å².